The third-order valence-electron chi connectivity index (χ3n) is 2.81. The number of nitrogens with zero attached hydrogens (tertiary/aromatic N) is 1. The molecule has 0 atom stereocenters. The molecule has 0 amide bonds. The van der Waals surface area contributed by atoms with Crippen LogP contribution in [0.1, 0.15) is 25.3 Å². The Kier molecular flexibility index (Phi) is 3.50. The van der Waals surface area contributed by atoms with Crippen LogP contribution in [0.2, 0.25) is 0 Å². The van der Waals surface area contributed by atoms with Crippen LogP contribution in [-0.4, -0.2) is 13.0 Å². The highest BCUT2D eigenvalue weighted by atomic mass is 35.7. The molecule has 1 heterocycles. The van der Waals surface area contributed by atoms with Gasteiger partial charge in [0.1, 0.15) is 4.90 Å². The van der Waals surface area contributed by atoms with Crippen LogP contribution in [0.15, 0.2) is 47.6 Å². The topological polar surface area (TPSA) is 39.1 Å². The van der Waals surface area contributed by atoms with Crippen LogP contribution in [0.5, 0.6) is 0 Å². The molecule has 0 aliphatic rings. The third kappa shape index (κ3) is 2.76. The van der Waals surface area contributed by atoms with E-state index < -0.39 is 9.05 Å². The molecule has 2 aromatic rings. The van der Waals surface area contributed by atoms with Gasteiger partial charge in [-0.15, -0.1) is 0 Å². The van der Waals surface area contributed by atoms with Crippen LogP contribution < -0.4 is 0 Å². The Morgan fingerprint density at radius 2 is 1.72 bits per heavy atom. The van der Waals surface area contributed by atoms with Gasteiger partial charge in [-0.25, -0.2) is 8.42 Å². The molecular formula is C13H14ClNO2S. The molecule has 0 radical (unpaired) electrons. The van der Waals surface area contributed by atoms with E-state index in [0.717, 1.165) is 5.69 Å². The Bertz CT molecular complexity index is 642. The summed E-state index contributed by atoms with van der Waals surface area (Å²) in [5.74, 6) is 0.475. The van der Waals surface area contributed by atoms with Crippen molar-refractivity contribution in [2.75, 3.05) is 0 Å². The maximum absolute atomic E-state index is 11.2. The van der Waals surface area contributed by atoms with Crippen molar-refractivity contribution >= 4 is 19.7 Å². The number of benzene rings is 1. The van der Waals surface area contributed by atoms with Crippen molar-refractivity contribution in [2.24, 2.45) is 0 Å². The molecule has 0 N–H and O–H groups in total. The molecule has 0 fully saturated rings. The zero-order valence-electron chi connectivity index (χ0n) is 10.2. The first-order valence-electron chi connectivity index (χ1n) is 5.61. The van der Waals surface area contributed by atoms with Crippen LogP contribution in [0.4, 0.5) is 0 Å². The molecule has 0 saturated heterocycles. The highest BCUT2D eigenvalue weighted by molar-refractivity contribution is 8.13. The molecule has 1 aromatic carbocycles. The quantitative estimate of drug-likeness (QED) is 0.809. The predicted molar refractivity (Wildman–Crippen MR) is 72.9 cm³/mol. The number of halogens is 1. The van der Waals surface area contributed by atoms with Crippen LogP contribution >= 0.6 is 10.7 Å². The first-order valence-corrected chi connectivity index (χ1v) is 7.92. The average Bonchev–Trinajstić information content (AvgIpc) is 2.78. The zero-order chi connectivity index (χ0) is 13.3. The Hall–Kier alpha value is -1.26. The molecule has 2 rings (SSSR count). The molecule has 18 heavy (non-hydrogen) atoms. The lowest BCUT2D eigenvalue weighted by Crippen LogP contribution is -1.93. The maximum Gasteiger partial charge on any atom is 0.262 e. The second-order valence-corrected chi connectivity index (χ2v) is 7.00. The summed E-state index contributed by atoms with van der Waals surface area (Å²) < 4.78 is 24.1. The van der Waals surface area contributed by atoms with Gasteiger partial charge < -0.3 is 4.57 Å². The highest BCUT2D eigenvalue weighted by Crippen LogP contribution is 2.20. The fourth-order valence-electron chi connectivity index (χ4n) is 1.71. The van der Waals surface area contributed by atoms with Crippen molar-refractivity contribution < 1.29 is 8.42 Å². The molecule has 0 saturated carbocycles. The van der Waals surface area contributed by atoms with Crippen molar-refractivity contribution in [1.82, 2.24) is 4.57 Å². The first-order chi connectivity index (χ1) is 8.38. The molecule has 3 nitrogen and oxygen atoms in total. The van der Waals surface area contributed by atoms with E-state index in [1.165, 1.54) is 17.8 Å². The third-order valence-corrected chi connectivity index (χ3v) is 4.14. The van der Waals surface area contributed by atoms with E-state index in [1.54, 1.807) is 10.8 Å². The Morgan fingerprint density at radius 1 is 1.11 bits per heavy atom. The molecular weight excluding hydrogens is 270 g/mol. The fourth-order valence-corrected chi connectivity index (χ4v) is 2.45. The second-order valence-electron chi connectivity index (χ2n) is 4.44. The second kappa shape index (κ2) is 4.78. The highest BCUT2D eigenvalue weighted by Gasteiger charge is 2.11. The minimum Gasteiger partial charge on any atom is -0.322 e. The summed E-state index contributed by atoms with van der Waals surface area (Å²) in [6.07, 6.45) is 3.19. The van der Waals surface area contributed by atoms with Gasteiger partial charge in [-0.3, -0.25) is 0 Å². The lowest BCUT2D eigenvalue weighted by Gasteiger charge is -2.07. The van der Waals surface area contributed by atoms with Crippen LogP contribution in [-0.2, 0) is 9.05 Å². The van der Waals surface area contributed by atoms with Crippen molar-refractivity contribution in [1.29, 1.82) is 0 Å². The minimum absolute atomic E-state index is 0.108. The predicted octanol–water partition coefficient (Wildman–Crippen LogP) is 3.53. The Balaban J connectivity index is 2.35. The van der Waals surface area contributed by atoms with Crippen molar-refractivity contribution in [3.05, 3.63) is 48.3 Å². The van der Waals surface area contributed by atoms with Gasteiger partial charge in [0.25, 0.3) is 9.05 Å². The molecule has 96 valence electrons. The number of hydrogen-bond acceptors (Lipinski definition) is 2. The summed E-state index contributed by atoms with van der Waals surface area (Å²) in [4.78, 5) is 0.108. The summed E-state index contributed by atoms with van der Waals surface area (Å²) in [7, 11) is 1.62. The lowest BCUT2D eigenvalue weighted by molar-refractivity contribution is 0.609. The molecule has 0 unspecified atom stereocenters. The molecule has 0 aliphatic heterocycles. The summed E-state index contributed by atoms with van der Waals surface area (Å²) in [6.45, 7) is 4.26. The van der Waals surface area contributed by atoms with E-state index in [2.05, 4.69) is 13.8 Å². The molecule has 0 spiro atoms. The normalized spacial score (nSPS) is 12.0. The van der Waals surface area contributed by atoms with E-state index in [9.17, 15) is 8.42 Å². The minimum atomic E-state index is -3.66. The van der Waals surface area contributed by atoms with E-state index in [4.69, 9.17) is 10.7 Å². The van der Waals surface area contributed by atoms with E-state index in [-0.39, 0.29) is 4.90 Å². The van der Waals surface area contributed by atoms with E-state index in [1.807, 2.05) is 24.3 Å². The van der Waals surface area contributed by atoms with Crippen molar-refractivity contribution in [2.45, 2.75) is 24.7 Å². The summed E-state index contributed by atoms with van der Waals surface area (Å²) in [5, 5.41) is 0. The fraction of sp³-hybridized carbons (Fsp3) is 0.231. The smallest absolute Gasteiger partial charge is 0.262 e. The van der Waals surface area contributed by atoms with Gasteiger partial charge in [0.15, 0.2) is 0 Å². The SMILES string of the molecule is CC(C)c1ccc(-n2ccc(S(=O)(=O)Cl)c2)cc1. The van der Waals surface area contributed by atoms with Gasteiger partial charge in [-0.1, -0.05) is 26.0 Å². The van der Waals surface area contributed by atoms with Gasteiger partial charge in [0.2, 0.25) is 0 Å². The molecule has 1 aromatic heterocycles. The lowest BCUT2D eigenvalue weighted by atomic mass is 10.0. The van der Waals surface area contributed by atoms with Gasteiger partial charge in [0, 0.05) is 28.8 Å². The van der Waals surface area contributed by atoms with Crippen molar-refractivity contribution in [3.63, 3.8) is 0 Å². The first kappa shape index (κ1) is 13.2. The van der Waals surface area contributed by atoms with Gasteiger partial charge in [0.05, 0.1) is 0 Å². The average molecular weight is 284 g/mol. The van der Waals surface area contributed by atoms with Gasteiger partial charge in [-0.2, -0.15) is 0 Å². The Labute approximate surface area is 111 Å². The maximum atomic E-state index is 11.2. The van der Waals surface area contributed by atoms with Gasteiger partial charge in [-0.05, 0) is 29.7 Å². The number of hydrogen-bond donors (Lipinski definition) is 0. The number of rotatable bonds is 3. The van der Waals surface area contributed by atoms with Crippen molar-refractivity contribution in [3.8, 4) is 5.69 Å². The molecule has 5 heteroatoms. The van der Waals surface area contributed by atoms with Crippen LogP contribution in [0.25, 0.3) is 5.69 Å². The Morgan fingerprint density at radius 3 is 2.17 bits per heavy atom. The molecule has 0 bridgehead atoms. The summed E-state index contributed by atoms with van der Waals surface area (Å²) in [5.41, 5.74) is 2.15. The number of aromatic nitrogens is 1. The standard InChI is InChI=1S/C13H14ClNO2S/c1-10(2)11-3-5-12(6-4-11)15-8-7-13(9-15)18(14,16)17/h3-10H,1-2H3. The summed E-state index contributed by atoms with van der Waals surface area (Å²) in [6, 6.07) is 9.47. The van der Waals surface area contributed by atoms with E-state index in [0.29, 0.717) is 5.92 Å². The largest absolute Gasteiger partial charge is 0.322 e. The van der Waals surface area contributed by atoms with E-state index >= 15 is 0 Å². The molecule has 0 aliphatic carbocycles. The van der Waals surface area contributed by atoms with Gasteiger partial charge >= 0.3 is 0 Å². The zero-order valence-corrected chi connectivity index (χ0v) is 11.7. The van der Waals surface area contributed by atoms with Crippen LogP contribution in [0.3, 0.4) is 0 Å². The van der Waals surface area contributed by atoms with Crippen LogP contribution in [0, 0.1) is 0 Å². The monoisotopic (exact) mass is 283 g/mol. The summed E-state index contributed by atoms with van der Waals surface area (Å²) >= 11 is 0.